The number of rotatable bonds is 8. The van der Waals surface area contributed by atoms with Gasteiger partial charge >= 0.3 is 11.9 Å². The summed E-state index contributed by atoms with van der Waals surface area (Å²) < 4.78 is 5.12. The summed E-state index contributed by atoms with van der Waals surface area (Å²) in [6.45, 7) is 2.46. The number of esters is 1. The van der Waals surface area contributed by atoms with Gasteiger partial charge in [-0.15, -0.1) is 0 Å². The van der Waals surface area contributed by atoms with E-state index in [9.17, 15) is 9.59 Å². The summed E-state index contributed by atoms with van der Waals surface area (Å²) in [4.78, 5) is 22.4. The normalized spacial score (nSPS) is 11.6. The quantitative estimate of drug-likeness (QED) is 0.258. The van der Waals surface area contributed by atoms with Crippen LogP contribution in [-0.4, -0.2) is 23.7 Å². The lowest BCUT2D eigenvalue weighted by Gasteiger charge is -2.03. The van der Waals surface area contributed by atoms with Gasteiger partial charge < -0.3 is 9.84 Å². The summed E-state index contributed by atoms with van der Waals surface area (Å²) in [5, 5.41) is 17.2. The number of aliphatic carboxylic acids is 1. The molecule has 0 saturated heterocycles. The third-order valence-electron chi connectivity index (χ3n) is 3.00. The number of allylic oxidation sites excluding steroid dienone is 4. The lowest BCUT2D eigenvalue weighted by atomic mass is 10.1. The molecule has 1 rings (SSSR count). The Morgan fingerprint density at radius 3 is 2.50 bits per heavy atom. The number of nitrogens with zero attached hydrogens (tertiary/aromatic N) is 1. The Kier molecular flexibility index (Phi) is 8.33. The average Bonchev–Trinajstić information content (AvgIpc) is 2.58. The van der Waals surface area contributed by atoms with E-state index in [1.54, 1.807) is 48.6 Å². The summed E-state index contributed by atoms with van der Waals surface area (Å²) in [5.74, 6) is -1.59. The van der Waals surface area contributed by atoms with E-state index in [2.05, 4.69) is 0 Å². The van der Waals surface area contributed by atoms with E-state index in [0.29, 0.717) is 12.2 Å². The van der Waals surface area contributed by atoms with Crippen molar-refractivity contribution in [2.24, 2.45) is 0 Å². The van der Waals surface area contributed by atoms with Gasteiger partial charge in [0.25, 0.3) is 0 Å². The number of benzene rings is 1. The van der Waals surface area contributed by atoms with Gasteiger partial charge in [0.05, 0.1) is 12.2 Å². The van der Waals surface area contributed by atoms with Gasteiger partial charge in [-0.3, -0.25) is 0 Å². The second-order valence-electron chi connectivity index (χ2n) is 4.85. The van der Waals surface area contributed by atoms with Crippen LogP contribution in [0.25, 0.3) is 6.08 Å². The van der Waals surface area contributed by atoms with E-state index in [1.807, 2.05) is 6.92 Å². The first-order valence-electron chi connectivity index (χ1n) is 7.54. The second-order valence-corrected chi connectivity index (χ2v) is 4.85. The van der Waals surface area contributed by atoms with Crippen molar-refractivity contribution in [1.29, 1.82) is 5.26 Å². The predicted molar refractivity (Wildman–Crippen MR) is 91.1 cm³/mol. The minimum atomic E-state index is -1.26. The molecule has 0 heterocycles. The Bertz CT molecular complexity index is 691. The SMILES string of the molecule is CCCCOC(=O)c1ccc(C=CC=CC=C(C#N)C(=O)O)cc1. The number of unbranched alkanes of at least 4 members (excludes halogenated alkanes) is 1. The largest absolute Gasteiger partial charge is 0.477 e. The van der Waals surface area contributed by atoms with Crippen molar-refractivity contribution >= 4 is 18.0 Å². The van der Waals surface area contributed by atoms with Gasteiger partial charge in [-0.2, -0.15) is 5.26 Å². The van der Waals surface area contributed by atoms with Gasteiger partial charge in [-0.1, -0.05) is 49.8 Å². The van der Waals surface area contributed by atoms with E-state index in [4.69, 9.17) is 15.1 Å². The van der Waals surface area contributed by atoms with E-state index in [0.717, 1.165) is 18.4 Å². The molecule has 0 aliphatic rings. The van der Waals surface area contributed by atoms with Crippen LogP contribution in [0.3, 0.4) is 0 Å². The smallest absolute Gasteiger partial charge is 0.346 e. The van der Waals surface area contributed by atoms with Crippen LogP contribution in [-0.2, 0) is 9.53 Å². The topological polar surface area (TPSA) is 87.4 Å². The zero-order valence-electron chi connectivity index (χ0n) is 13.4. The molecule has 1 aromatic rings. The van der Waals surface area contributed by atoms with Crippen LogP contribution in [0.15, 0.2) is 54.1 Å². The Hall–Kier alpha value is -3.13. The van der Waals surface area contributed by atoms with Gasteiger partial charge in [0.2, 0.25) is 0 Å². The molecule has 5 heteroatoms. The highest BCUT2D eigenvalue weighted by molar-refractivity contribution is 5.91. The van der Waals surface area contributed by atoms with Gasteiger partial charge in [0.1, 0.15) is 11.6 Å². The highest BCUT2D eigenvalue weighted by Gasteiger charge is 2.05. The first-order valence-corrected chi connectivity index (χ1v) is 7.54. The van der Waals surface area contributed by atoms with Gasteiger partial charge in [-0.05, 0) is 30.2 Å². The molecule has 0 aliphatic carbocycles. The molecule has 0 amide bonds. The van der Waals surface area contributed by atoms with Crippen molar-refractivity contribution in [3.63, 3.8) is 0 Å². The maximum Gasteiger partial charge on any atom is 0.346 e. The van der Waals surface area contributed by atoms with Crippen LogP contribution < -0.4 is 0 Å². The van der Waals surface area contributed by atoms with E-state index in [1.165, 1.54) is 12.2 Å². The zero-order valence-corrected chi connectivity index (χ0v) is 13.4. The van der Waals surface area contributed by atoms with Crippen molar-refractivity contribution in [2.45, 2.75) is 19.8 Å². The lowest BCUT2D eigenvalue weighted by Crippen LogP contribution is -2.05. The molecular weight excluding hydrogens is 306 g/mol. The molecule has 24 heavy (non-hydrogen) atoms. The monoisotopic (exact) mass is 325 g/mol. The molecule has 0 unspecified atom stereocenters. The van der Waals surface area contributed by atoms with Gasteiger partial charge in [0, 0.05) is 0 Å². The molecule has 0 aliphatic heterocycles. The Morgan fingerprint density at radius 1 is 1.21 bits per heavy atom. The average molecular weight is 325 g/mol. The summed E-state index contributed by atoms with van der Waals surface area (Å²) in [6, 6.07) is 8.54. The third-order valence-corrected chi connectivity index (χ3v) is 3.00. The van der Waals surface area contributed by atoms with Crippen molar-refractivity contribution < 1.29 is 19.4 Å². The molecule has 0 saturated carbocycles. The van der Waals surface area contributed by atoms with Crippen molar-refractivity contribution in [3.8, 4) is 6.07 Å². The van der Waals surface area contributed by atoms with E-state index in [-0.39, 0.29) is 11.5 Å². The zero-order chi connectivity index (χ0) is 17.8. The first kappa shape index (κ1) is 18.9. The van der Waals surface area contributed by atoms with Crippen LogP contribution in [0.1, 0.15) is 35.7 Å². The molecule has 124 valence electrons. The second kappa shape index (κ2) is 10.6. The molecule has 5 nitrogen and oxygen atoms in total. The summed E-state index contributed by atoms with van der Waals surface area (Å²) >= 11 is 0. The highest BCUT2D eigenvalue weighted by atomic mass is 16.5. The van der Waals surface area contributed by atoms with E-state index < -0.39 is 5.97 Å². The predicted octanol–water partition coefficient (Wildman–Crippen LogP) is 3.75. The molecule has 0 bridgehead atoms. The van der Waals surface area contributed by atoms with Gasteiger partial charge in [0.15, 0.2) is 0 Å². The molecule has 0 aromatic heterocycles. The first-order chi connectivity index (χ1) is 11.6. The number of hydrogen-bond donors (Lipinski definition) is 1. The molecule has 0 radical (unpaired) electrons. The fourth-order valence-corrected chi connectivity index (χ4v) is 1.66. The maximum atomic E-state index is 11.7. The number of carbonyl (C=O) groups excluding carboxylic acids is 1. The summed E-state index contributed by atoms with van der Waals surface area (Å²) in [7, 11) is 0. The maximum absolute atomic E-state index is 11.7. The van der Waals surface area contributed by atoms with Crippen LogP contribution in [0.2, 0.25) is 0 Å². The van der Waals surface area contributed by atoms with Crippen molar-refractivity contribution in [2.75, 3.05) is 6.61 Å². The Labute approximate surface area is 141 Å². The Morgan fingerprint density at radius 2 is 1.92 bits per heavy atom. The summed E-state index contributed by atoms with van der Waals surface area (Å²) in [6.07, 6.45) is 9.65. The van der Waals surface area contributed by atoms with Crippen LogP contribution in [0, 0.1) is 11.3 Å². The lowest BCUT2D eigenvalue weighted by molar-refractivity contribution is -0.132. The van der Waals surface area contributed by atoms with Crippen molar-refractivity contribution in [1.82, 2.24) is 0 Å². The molecule has 1 N–H and O–H groups in total. The Balaban J connectivity index is 2.59. The molecule has 0 atom stereocenters. The number of carboxylic acid groups (broad SMARTS) is 1. The van der Waals surface area contributed by atoms with E-state index >= 15 is 0 Å². The van der Waals surface area contributed by atoms with Crippen LogP contribution in [0.5, 0.6) is 0 Å². The molecule has 0 spiro atoms. The van der Waals surface area contributed by atoms with Crippen LogP contribution >= 0.6 is 0 Å². The van der Waals surface area contributed by atoms with Crippen molar-refractivity contribution in [3.05, 3.63) is 65.3 Å². The third kappa shape index (κ3) is 6.75. The number of hydrogen-bond acceptors (Lipinski definition) is 4. The molecule has 1 aromatic carbocycles. The highest BCUT2D eigenvalue weighted by Crippen LogP contribution is 2.08. The number of carboxylic acids is 1. The van der Waals surface area contributed by atoms with Crippen LogP contribution in [0.4, 0.5) is 0 Å². The number of ether oxygens (including phenoxy) is 1. The molecule has 0 fully saturated rings. The number of carbonyl (C=O) groups is 2. The fourth-order valence-electron chi connectivity index (χ4n) is 1.66. The standard InChI is InChI=1S/C19H19NO4/c1-2-3-13-24-19(23)16-11-9-15(10-12-16)7-5-4-6-8-17(14-20)18(21)22/h4-12H,2-3,13H2,1H3,(H,21,22). The number of nitriles is 1. The minimum Gasteiger partial charge on any atom is -0.477 e. The minimum absolute atomic E-state index is 0.328. The fraction of sp³-hybridized carbons (Fsp3) is 0.211. The summed E-state index contributed by atoms with van der Waals surface area (Å²) in [5.41, 5.74) is 1.06. The van der Waals surface area contributed by atoms with Gasteiger partial charge in [-0.25, -0.2) is 9.59 Å². The molecular formula is C19H19NO4.